The maximum atomic E-state index is 12.7. The predicted octanol–water partition coefficient (Wildman–Crippen LogP) is 3.74. The Morgan fingerprint density at radius 1 is 1.30 bits per heavy atom. The van der Waals surface area contributed by atoms with Gasteiger partial charge in [-0.05, 0) is 43.2 Å². The van der Waals surface area contributed by atoms with Crippen molar-refractivity contribution in [1.82, 2.24) is 5.32 Å². The minimum Gasteiger partial charge on any atom is -0.507 e. The predicted molar refractivity (Wildman–Crippen MR) is 92.2 cm³/mol. The first-order valence-corrected chi connectivity index (χ1v) is 8.86. The highest BCUT2D eigenvalue weighted by Crippen LogP contribution is 2.43. The summed E-state index contributed by atoms with van der Waals surface area (Å²) in [6, 6.07) is 5.61. The summed E-state index contributed by atoms with van der Waals surface area (Å²) >= 11 is 1.70. The maximum Gasteiger partial charge on any atom is 0.256 e. The fourth-order valence-electron chi connectivity index (χ4n) is 3.53. The van der Waals surface area contributed by atoms with Crippen molar-refractivity contribution >= 4 is 22.2 Å². The molecule has 0 bridgehead atoms. The molecule has 2 aromatic rings. The average Bonchev–Trinajstić information content (AvgIpc) is 2.87. The zero-order valence-corrected chi connectivity index (χ0v) is 14.1. The summed E-state index contributed by atoms with van der Waals surface area (Å²) < 4.78 is 0. The lowest BCUT2D eigenvalue weighted by Gasteiger charge is -2.27. The molecule has 120 valence electrons. The van der Waals surface area contributed by atoms with E-state index < -0.39 is 0 Å². The van der Waals surface area contributed by atoms with Crippen LogP contribution in [0.3, 0.4) is 0 Å². The molecule has 4 nitrogen and oxygen atoms in total. The number of amides is 1. The SMILES string of the molecule is Cc1cccc([C@H]2NC(=O)c3c(sc4c3CC[C@H](C)C4)N2)c1O. The van der Waals surface area contributed by atoms with Gasteiger partial charge in [0.2, 0.25) is 0 Å². The van der Waals surface area contributed by atoms with Gasteiger partial charge in [0.25, 0.3) is 5.91 Å². The first kappa shape index (κ1) is 14.6. The molecule has 1 aromatic heterocycles. The van der Waals surface area contributed by atoms with Crippen LogP contribution in [0.5, 0.6) is 5.75 Å². The molecule has 0 saturated heterocycles. The smallest absolute Gasteiger partial charge is 0.256 e. The lowest BCUT2D eigenvalue weighted by atomic mass is 9.88. The third-order valence-electron chi connectivity index (χ3n) is 4.87. The number of para-hydroxylation sites is 1. The van der Waals surface area contributed by atoms with E-state index in [0.29, 0.717) is 11.5 Å². The summed E-state index contributed by atoms with van der Waals surface area (Å²) in [5, 5.41) is 17.6. The Kier molecular flexibility index (Phi) is 3.34. The highest BCUT2D eigenvalue weighted by molar-refractivity contribution is 7.16. The summed E-state index contributed by atoms with van der Waals surface area (Å²) in [5.74, 6) is 0.891. The molecule has 5 heteroatoms. The second kappa shape index (κ2) is 5.27. The zero-order chi connectivity index (χ0) is 16.1. The summed E-state index contributed by atoms with van der Waals surface area (Å²) in [7, 11) is 0. The summed E-state index contributed by atoms with van der Waals surface area (Å²) in [6.07, 6.45) is 2.80. The molecular formula is C18H20N2O2S. The first-order chi connectivity index (χ1) is 11.0. The van der Waals surface area contributed by atoms with E-state index in [1.807, 2.05) is 25.1 Å². The summed E-state index contributed by atoms with van der Waals surface area (Å²) in [5.41, 5.74) is 3.56. The van der Waals surface area contributed by atoms with E-state index in [1.54, 1.807) is 11.3 Å². The van der Waals surface area contributed by atoms with Crippen molar-refractivity contribution in [1.29, 1.82) is 0 Å². The molecular weight excluding hydrogens is 308 g/mol. The second-order valence-corrected chi connectivity index (χ2v) is 7.72. The zero-order valence-electron chi connectivity index (χ0n) is 13.3. The number of phenolic OH excluding ortho intramolecular Hbond substituents is 1. The van der Waals surface area contributed by atoms with Crippen molar-refractivity contribution in [3.63, 3.8) is 0 Å². The fraction of sp³-hybridized carbons (Fsp3) is 0.389. The first-order valence-electron chi connectivity index (χ1n) is 8.05. The molecule has 4 rings (SSSR count). The Bertz CT molecular complexity index is 797. The molecule has 2 atom stereocenters. The number of phenols is 1. The van der Waals surface area contributed by atoms with E-state index in [2.05, 4.69) is 17.6 Å². The molecule has 0 spiro atoms. The summed E-state index contributed by atoms with van der Waals surface area (Å²) in [4.78, 5) is 14.0. The van der Waals surface area contributed by atoms with Crippen LogP contribution in [0.1, 0.15) is 51.4 Å². The maximum absolute atomic E-state index is 12.7. The van der Waals surface area contributed by atoms with Crippen LogP contribution in [-0.4, -0.2) is 11.0 Å². The Balaban J connectivity index is 1.73. The topological polar surface area (TPSA) is 61.4 Å². The van der Waals surface area contributed by atoms with Crippen LogP contribution in [0, 0.1) is 12.8 Å². The Morgan fingerprint density at radius 3 is 2.96 bits per heavy atom. The molecule has 1 aliphatic heterocycles. The molecule has 1 aromatic carbocycles. The van der Waals surface area contributed by atoms with Crippen molar-refractivity contribution < 1.29 is 9.90 Å². The van der Waals surface area contributed by atoms with E-state index in [4.69, 9.17) is 0 Å². The average molecular weight is 328 g/mol. The largest absolute Gasteiger partial charge is 0.507 e. The molecule has 3 N–H and O–H groups in total. The minimum absolute atomic E-state index is 0.0308. The minimum atomic E-state index is -0.382. The van der Waals surface area contributed by atoms with Crippen molar-refractivity contribution in [2.24, 2.45) is 5.92 Å². The molecule has 0 unspecified atom stereocenters. The van der Waals surface area contributed by atoms with Gasteiger partial charge in [0.1, 0.15) is 16.9 Å². The number of rotatable bonds is 1. The number of carbonyl (C=O) groups excluding carboxylic acids is 1. The highest BCUT2D eigenvalue weighted by Gasteiger charge is 2.33. The van der Waals surface area contributed by atoms with E-state index in [-0.39, 0.29) is 17.8 Å². The monoisotopic (exact) mass is 328 g/mol. The van der Waals surface area contributed by atoms with Crippen molar-refractivity contribution in [3.8, 4) is 5.75 Å². The van der Waals surface area contributed by atoms with Crippen LogP contribution >= 0.6 is 11.3 Å². The van der Waals surface area contributed by atoms with Gasteiger partial charge >= 0.3 is 0 Å². The van der Waals surface area contributed by atoms with Gasteiger partial charge in [-0.2, -0.15) is 0 Å². The van der Waals surface area contributed by atoms with E-state index in [1.165, 1.54) is 10.4 Å². The van der Waals surface area contributed by atoms with Crippen LogP contribution in [-0.2, 0) is 12.8 Å². The number of hydrogen-bond acceptors (Lipinski definition) is 4. The highest BCUT2D eigenvalue weighted by atomic mass is 32.1. The number of nitrogens with one attached hydrogen (secondary N) is 2. The van der Waals surface area contributed by atoms with Gasteiger partial charge in [-0.3, -0.25) is 4.79 Å². The van der Waals surface area contributed by atoms with Crippen LogP contribution in [0.2, 0.25) is 0 Å². The molecule has 2 heterocycles. The number of hydrogen-bond donors (Lipinski definition) is 3. The lowest BCUT2D eigenvalue weighted by molar-refractivity contribution is 0.0935. The van der Waals surface area contributed by atoms with Gasteiger partial charge < -0.3 is 15.7 Å². The Labute approximate surface area is 139 Å². The van der Waals surface area contributed by atoms with Crippen LogP contribution in [0.15, 0.2) is 18.2 Å². The van der Waals surface area contributed by atoms with Gasteiger partial charge in [-0.25, -0.2) is 0 Å². The normalized spacial score (nSPS) is 22.8. The quantitative estimate of drug-likeness (QED) is 0.747. The number of anilines is 1. The lowest BCUT2D eigenvalue weighted by Crippen LogP contribution is -2.38. The molecule has 23 heavy (non-hydrogen) atoms. The van der Waals surface area contributed by atoms with Crippen molar-refractivity contribution in [2.75, 3.05) is 5.32 Å². The molecule has 0 radical (unpaired) electrons. The van der Waals surface area contributed by atoms with Gasteiger partial charge in [0.15, 0.2) is 0 Å². The number of carbonyl (C=O) groups is 1. The molecule has 2 aliphatic rings. The summed E-state index contributed by atoms with van der Waals surface area (Å²) in [6.45, 7) is 4.13. The molecule has 0 saturated carbocycles. The van der Waals surface area contributed by atoms with Crippen molar-refractivity contribution in [3.05, 3.63) is 45.3 Å². The number of aromatic hydroxyl groups is 1. The van der Waals surface area contributed by atoms with Gasteiger partial charge in [0, 0.05) is 10.4 Å². The molecule has 1 amide bonds. The van der Waals surface area contributed by atoms with Gasteiger partial charge in [-0.15, -0.1) is 11.3 Å². The number of benzene rings is 1. The van der Waals surface area contributed by atoms with Crippen LogP contribution < -0.4 is 10.6 Å². The van der Waals surface area contributed by atoms with Crippen molar-refractivity contribution in [2.45, 2.75) is 39.3 Å². The van der Waals surface area contributed by atoms with Crippen LogP contribution in [0.25, 0.3) is 0 Å². The number of fused-ring (bicyclic) bond motifs is 3. The number of aryl methyl sites for hydroxylation is 1. The fourth-order valence-corrected chi connectivity index (χ4v) is 4.97. The third-order valence-corrected chi connectivity index (χ3v) is 6.06. The molecule has 1 aliphatic carbocycles. The van der Waals surface area contributed by atoms with Gasteiger partial charge in [-0.1, -0.05) is 25.1 Å². The van der Waals surface area contributed by atoms with Gasteiger partial charge in [0.05, 0.1) is 5.56 Å². The number of thiophene rings is 1. The second-order valence-electron chi connectivity index (χ2n) is 6.62. The van der Waals surface area contributed by atoms with Crippen LogP contribution in [0.4, 0.5) is 5.00 Å². The molecule has 0 fully saturated rings. The Morgan fingerprint density at radius 2 is 2.13 bits per heavy atom. The van der Waals surface area contributed by atoms with E-state index in [9.17, 15) is 9.90 Å². The Hall–Kier alpha value is -2.01. The van der Waals surface area contributed by atoms with E-state index in [0.717, 1.165) is 35.4 Å². The van der Waals surface area contributed by atoms with E-state index >= 15 is 0 Å². The standard InChI is InChI=1S/C18H20N2O2S/c1-9-6-7-11-13(8-9)23-18-14(11)17(22)19-16(20-18)12-5-3-4-10(2)15(12)21/h3-5,9,16,20-21H,6-8H2,1-2H3,(H,19,22)/t9-,16-/m0/s1. The third kappa shape index (κ3) is 2.30.